The molecule has 1 aromatic carbocycles. The van der Waals surface area contributed by atoms with Gasteiger partial charge >= 0.3 is 0 Å². The van der Waals surface area contributed by atoms with Gasteiger partial charge < -0.3 is 0 Å². The largest absolute Gasteiger partial charge is 0.180 e. The lowest BCUT2D eigenvalue weighted by molar-refractivity contribution is 1.34. The van der Waals surface area contributed by atoms with Gasteiger partial charge in [-0.3, -0.25) is 0 Å². The molecule has 0 spiro atoms. The predicted molar refractivity (Wildman–Crippen MR) is 55.4 cm³/mol. The van der Waals surface area contributed by atoms with E-state index in [2.05, 4.69) is 50.7 Å². The van der Waals surface area contributed by atoms with Gasteiger partial charge in [-0.05, 0) is 30.7 Å². The van der Waals surface area contributed by atoms with Crippen molar-refractivity contribution in [1.82, 2.24) is 0 Å². The minimum absolute atomic E-state index is 0.944. The van der Waals surface area contributed by atoms with Crippen LogP contribution in [0.1, 0.15) is 18.1 Å². The van der Waals surface area contributed by atoms with E-state index >= 15 is 0 Å². The normalized spacial score (nSPS) is 8.36. The second-order valence-corrected chi connectivity index (χ2v) is 3.03. The van der Waals surface area contributed by atoms with E-state index in [-0.39, 0.29) is 0 Å². The summed E-state index contributed by atoms with van der Waals surface area (Å²) in [4.78, 5) is 0. The van der Waals surface area contributed by atoms with E-state index in [4.69, 9.17) is 0 Å². The van der Waals surface area contributed by atoms with Crippen LogP contribution in [-0.4, -0.2) is 5.75 Å². The SMILES string of the molecule is CCS.Cc1ccccc1C. The number of hydrogen-bond acceptors (Lipinski definition) is 1. The highest BCUT2D eigenvalue weighted by Crippen LogP contribution is 2.02. The quantitative estimate of drug-likeness (QED) is 0.565. The summed E-state index contributed by atoms with van der Waals surface area (Å²) in [7, 11) is 0. The van der Waals surface area contributed by atoms with Crippen LogP contribution in [0.3, 0.4) is 0 Å². The van der Waals surface area contributed by atoms with E-state index in [1.165, 1.54) is 11.1 Å². The number of hydrogen-bond donors (Lipinski definition) is 1. The van der Waals surface area contributed by atoms with Crippen LogP contribution in [0.15, 0.2) is 24.3 Å². The molecular weight excluding hydrogens is 152 g/mol. The van der Waals surface area contributed by atoms with Gasteiger partial charge in [0.2, 0.25) is 0 Å². The van der Waals surface area contributed by atoms with Crippen molar-refractivity contribution in [3.8, 4) is 0 Å². The zero-order valence-electron chi connectivity index (χ0n) is 7.46. The molecule has 0 aliphatic rings. The molecule has 0 unspecified atom stereocenters. The van der Waals surface area contributed by atoms with Crippen molar-refractivity contribution in [1.29, 1.82) is 0 Å². The lowest BCUT2D eigenvalue weighted by Crippen LogP contribution is -1.74. The molecule has 0 nitrogen and oxygen atoms in total. The number of aryl methyl sites for hydroxylation is 2. The fourth-order valence-electron chi connectivity index (χ4n) is 0.663. The van der Waals surface area contributed by atoms with Crippen LogP contribution < -0.4 is 0 Å². The lowest BCUT2D eigenvalue weighted by Gasteiger charge is -1.93. The third-order valence-electron chi connectivity index (χ3n) is 1.43. The molecule has 62 valence electrons. The molecule has 1 rings (SSSR count). The monoisotopic (exact) mass is 168 g/mol. The van der Waals surface area contributed by atoms with E-state index in [0.717, 1.165) is 5.75 Å². The Morgan fingerprint density at radius 2 is 1.36 bits per heavy atom. The van der Waals surface area contributed by atoms with Crippen LogP contribution in [0.5, 0.6) is 0 Å². The Bertz CT molecular complexity index is 173. The van der Waals surface area contributed by atoms with Crippen LogP contribution in [0.25, 0.3) is 0 Å². The second-order valence-electron chi connectivity index (χ2n) is 2.40. The maximum atomic E-state index is 3.79. The number of rotatable bonds is 0. The van der Waals surface area contributed by atoms with Crippen LogP contribution in [-0.2, 0) is 0 Å². The Labute approximate surface area is 75.1 Å². The molecule has 0 atom stereocenters. The van der Waals surface area contributed by atoms with Gasteiger partial charge in [0.25, 0.3) is 0 Å². The van der Waals surface area contributed by atoms with Gasteiger partial charge in [-0.1, -0.05) is 31.2 Å². The molecule has 0 fully saturated rings. The molecule has 0 bridgehead atoms. The molecule has 0 aliphatic carbocycles. The van der Waals surface area contributed by atoms with Gasteiger partial charge in [0.1, 0.15) is 0 Å². The first-order chi connectivity index (χ1) is 5.22. The summed E-state index contributed by atoms with van der Waals surface area (Å²) >= 11 is 3.79. The van der Waals surface area contributed by atoms with Gasteiger partial charge in [0.05, 0.1) is 0 Å². The van der Waals surface area contributed by atoms with Gasteiger partial charge in [0.15, 0.2) is 0 Å². The summed E-state index contributed by atoms with van der Waals surface area (Å²) in [6.45, 7) is 6.23. The molecule has 1 heteroatoms. The molecule has 0 saturated heterocycles. The van der Waals surface area contributed by atoms with Crippen molar-refractivity contribution in [3.63, 3.8) is 0 Å². The van der Waals surface area contributed by atoms with Crippen molar-refractivity contribution < 1.29 is 0 Å². The zero-order chi connectivity index (χ0) is 8.69. The summed E-state index contributed by atoms with van der Waals surface area (Å²) in [5.41, 5.74) is 2.74. The first kappa shape index (κ1) is 10.6. The Morgan fingerprint density at radius 1 is 1.09 bits per heavy atom. The van der Waals surface area contributed by atoms with Gasteiger partial charge in [-0.2, -0.15) is 12.6 Å². The molecule has 0 radical (unpaired) electrons. The third kappa shape index (κ3) is 4.91. The Hall–Kier alpha value is -0.430. The second kappa shape index (κ2) is 6.29. The third-order valence-corrected chi connectivity index (χ3v) is 1.43. The van der Waals surface area contributed by atoms with E-state index in [9.17, 15) is 0 Å². The molecule has 0 aromatic heterocycles. The molecule has 11 heavy (non-hydrogen) atoms. The lowest BCUT2D eigenvalue weighted by atomic mass is 10.1. The molecule has 0 saturated carbocycles. The highest BCUT2D eigenvalue weighted by Gasteiger charge is 1.83. The first-order valence-electron chi connectivity index (χ1n) is 3.85. The molecule has 0 aliphatic heterocycles. The van der Waals surface area contributed by atoms with Crippen molar-refractivity contribution in [2.24, 2.45) is 0 Å². The molecular formula is C10H16S. The van der Waals surface area contributed by atoms with Crippen molar-refractivity contribution in [2.75, 3.05) is 5.75 Å². The van der Waals surface area contributed by atoms with E-state index in [1.54, 1.807) is 0 Å². The fraction of sp³-hybridized carbons (Fsp3) is 0.400. The predicted octanol–water partition coefficient (Wildman–Crippen LogP) is 3.24. The van der Waals surface area contributed by atoms with Crippen molar-refractivity contribution in [3.05, 3.63) is 35.4 Å². The summed E-state index contributed by atoms with van der Waals surface area (Å²) in [5.74, 6) is 0.944. The van der Waals surface area contributed by atoms with Crippen molar-refractivity contribution >= 4 is 12.6 Å². The van der Waals surface area contributed by atoms with Crippen molar-refractivity contribution in [2.45, 2.75) is 20.8 Å². The van der Waals surface area contributed by atoms with Gasteiger partial charge in [-0.25, -0.2) is 0 Å². The van der Waals surface area contributed by atoms with Gasteiger partial charge in [0, 0.05) is 0 Å². The summed E-state index contributed by atoms with van der Waals surface area (Å²) in [6, 6.07) is 8.36. The average Bonchev–Trinajstić information content (AvgIpc) is 1.97. The van der Waals surface area contributed by atoms with E-state index < -0.39 is 0 Å². The topological polar surface area (TPSA) is 0 Å². The highest BCUT2D eigenvalue weighted by atomic mass is 32.1. The maximum absolute atomic E-state index is 3.79. The Kier molecular flexibility index (Phi) is 6.05. The molecule has 0 N–H and O–H groups in total. The number of benzene rings is 1. The van der Waals surface area contributed by atoms with Crippen LogP contribution in [0, 0.1) is 13.8 Å². The highest BCUT2D eigenvalue weighted by molar-refractivity contribution is 7.80. The summed E-state index contributed by atoms with van der Waals surface area (Å²) in [5, 5.41) is 0. The molecule has 0 amide bonds. The fourth-order valence-corrected chi connectivity index (χ4v) is 0.663. The Morgan fingerprint density at radius 3 is 1.55 bits per heavy atom. The minimum Gasteiger partial charge on any atom is -0.180 e. The smallest absolute Gasteiger partial charge is 0.0126 e. The van der Waals surface area contributed by atoms with Crippen LogP contribution in [0.2, 0.25) is 0 Å². The van der Waals surface area contributed by atoms with E-state index in [1.807, 2.05) is 6.92 Å². The van der Waals surface area contributed by atoms with E-state index in [0.29, 0.717) is 0 Å². The minimum atomic E-state index is 0.944. The van der Waals surface area contributed by atoms with Crippen LogP contribution in [0.4, 0.5) is 0 Å². The first-order valence-corrected chi connectivity index (χ1v) is 4.48. The summed E-state index contributed by atoms with van der Waals surface area (Å²) < 4.78 is 0. The average molecular weight is 168 g/mol. The number of thiol groups is 1. The van der Waals surface area contributed by atoms with Crippen LogP contribution >= 0.6 is 12.6 Å². The Balaban J connectivity index is 0.000000292. The summed E-state index contributed by atoms with van der Waals surface area (Å²) in [6.07, 6.45) is 0. The standard InChI is InChI=1S/C8H10.C2H6S/c1-7-5-3-4-6-8(7)2;1-2-3/h3-6H,1-2H3;3H,2H2,1H3. The molecule has 1 aromatic rings. The maximum Gasteiger partial charge on any atom is -0.0126 e. The molecule has 0 heterocycles. The zero-order valence-corrected chi connectivity index (χ0v) is 8.36. The van der Waals surface area contributed by atoms with Gasteiger partial charge in [-0.15, -0.1) is 0 Å².